The van der Waals surface area contributed by atoms with E-state index in [-0.39, 0.29) is 11.7 Å². The lowest BCUT2D eigenvalue weighted by atomic mass is 9.85. The first kappa shape index (κ1) is 23.4. The van der Waals surface area contributed by atoms with E-state index in [0.717, 1.165) is 17.2 Å². The predicted molar refractivity (Wildman–Crippen MR) is 134 cm³/mol. The summed E-state index contributed by atoms with van der Waals surface area (Å²) in [5.74, 6) is 2.28. The monoisotopic (exact) mass is 470 g/mol. The third-order valence-corrected chi connectivity index (χ3v) is 7.13. The van der Waals surface area contributed by atoms with Crippen molar-refractivity contribution in [2.45, 2.75) is 18.4 Å². The third-order valence-electron chi connectivity index (χ3n) is 6.14. The molecule has 0 radical (unpaired) electrons. The number of carbonyl (C=O) groups is 1. The second-order valence-electron chi connectivity index (χ2n) is 8.19. The van der Waals surface area contributed by atoms with Crippen LogP contribution >= 0.6 is 11.8 Å². The number of halogens is 1. The van der Waals surface area contributed by atoms with Crippen molar-refractivity contribution in [3.05, 3.63) is 60.4 Å². The van der Waals surface area contributed by atoms with Crippen LogP contribution in [0.4, 0.5) is 15.8 Å². The SMILES string of the molecule is NCCSCCN=C(Nc1cccc(F)c1)N1CCC2(CC1)C(=O)NCN2c1ccccc1. The number of guanidine groups is 1. The smallest absolute Gasteiger partial charge is 0.247 e. The number of nitrogens with two attached hydrogens (primary N) is 1. The van der Waals surface area contributed by atoms with Crippen LogP contribution in [0, 0.1) is 5.82 Å². The van der Waals surface area contributed by atoms with Gasteiger partial charge in [0.1, 0.15) is 11.4 Å². The van der Waals surface area contributed by atoms with Crippen LogP contribution < -0.4 is 21.3 Å². The van der Waals surface area contributed by atoms with Crippen LogP contribution in [0.3, 0.4) is 0 Å². The Bertz CT molecular complexity index is 964. The van der Waals surface area contributed by atoms with Crippen LogP contribution in [0.1, 0.15) is 12.8 Å². The highest BCUT2D eigenvalue weighted by atomic mass is 32.2. The Morgan fingerprint density at radius 3 is 2.67 bits per heavy atom. The maximum absolute atomic E-state index is 13.7. The largest absolute Gasteiger partial charge is 0.343 e. The van der Waals surface area contributed by atoms with E-state index in [2.05, 4.69) is 20.4 Å². The molecule has 0 atom stereocenters. The Balaban J connectivity index is 1.48. The molecule has 7 nitrogen and oxygen atoms in total. The van der Waals surface area contributed by atoms with Gasteiger partial charge in [-0.1, -0.05) is 24.3 Å². The standard InChI is InChI=1S/C24H31FN6OS/c25-19-5-4-6-20(17-19)29-23(27-12-16-33-15-11-26)30-13-9-24(10-14-30)22(32)28-18-31(24)21-7-2-1-3-8-21/h1-8,17H,9-16,18,26H2,(H,27,29)(H,28,32). The Morgan fingerprint density at radius 1 is 1.15 bits per heavy atom. The molecular formula is C24H31FN6OS. The highest BCUT2D eigenvalue weighted by Gasteiger charge is 2.50. The first-order valence-corrected chi connectivity index (χ1v) is 12.5. The minimum atomic E-state index is -0.557. The number of nitrogens with zero attached hydrogens (tertiary/aromatic N) is 3. The van der Waals surface area contributed by atoms with Gasteiger partial charge in [-0.05, 0) is 43.2 Å². The topological polar surface area (TPSA) is 86.0 Å². The number of aliphatic imine (C=N–C) groups is 1. The zero-order valence-electron chi connectivity index (χ0n) is 18.7. The first-order valence-electron chi connectivity index (χ1n) is 11.3. The number of likely N-dealkylation sites (tertiary alicyclic amines) is 1. The van der Waals surface area contributed by atoms with Crippen molar-refractivity contribution in [2.75, 3.05) is 54.6 Å². The zero-order chi connectivity index (χ0) is 23.1. The fraction of sp³-hybridized carbons (Fsp3) is 0.417. The minimum Gasteiger partial charge on any atom is -0.343 e. The van der Waals surface area contributed by atoms with E-state index in [1.54, 1.807) is 17.8 Å². The Hall–Kier alpha value is -2.78. The van der Waals surface area contributed by atoms with Gasteiger partial charge in [0, 0.05) is 42.5 Å². The van der Waals surface area contributed by atoms with E-state index in [0.29, 0.717) is 57.3 Å². The fourth-order valence-corrected chi connectivity index (χ4v) is 5.03. The Labute approximate surface area is 198 Å². The maximum atomic E-state index is 13.7. The van der Waals surface area contributed by atoms with Crippen molar-refractivity contribution in [2.24, 2.45) is 10.7 Å². The maximum Gasteiger partial charge on any atom is 0.247 e. The van der Waals surface area contributed by atoms with Crippen LogP contribution in [0.5, 0.6) is 0 Å². The van der Waals surface area contributed by atoms with Gasteiger partial charge in [0.15, 0.2) is 5.96 Å². The molecule has 0 saturated carbocycles. The average molecular weight is 471 g/mol. The van der Waals surface area contributed by atoms with Gasteiger partial charge in [-0.25, -0.2) is 4.39 Å². The molecule has 4 N–H and O–H groups in total. The molecular weight excluding hydrogens is 439 g/mol. The van der Waals surface area contributed by atoms with Gasteiger partial charge in [0.2, 0.25) is 5.91 Å². The summed E-state index contributed by atoms with van der Waals surface area (Å²) in [6, 6.07) is 16.5. The second kappa shape index (κ2) is 10.9. The Kier molecular flexibility index (Phi) is 7.72. The third kappa shape index (κ3) is 5.42. The van der Waals surface area contributed by atoms with Crippen LogP contribution in [0.15, 0.2) is 59.6 Å². The normalized spacial score (nSPS) is 18.0. The van der Waals surface area contributed by atoms with E-state index in [9.17, 15) is 9.18 Å². The van der Waals surface area contributed by atoms with Crippen LogP contribution in [-0.2, 0) is 4.79 Å². The average Bonchev–Trinajstić information content (AvgIpc) is 3.14. The van der Waals surface area contributed by atoms with Crippen LogP contribution in [0.25, 0.3) is 0 Å². The van der Waals surface area contributed by atoms with Crippen LogP contribution in [-0.4, -0.2) is 66.7 Å². The summed E-state index contributed by atoms with van der Waals surface area (Å²) in [7, 11) is 0. The molecule has 2 aliphatic rings. The molecule has 2 heterocycles. The number of para-hydroxylation sites is 1. The van der Waals surface area contributed by atoms with Gasteiger partial charge in [0.25, 0.3) is 0 Å². The molecule has 4 rings (SSSR count). The van der Waals surface area contributed by atoms with Gasteiger partial charge < -0.3 is 26.2 Å². The highest BCUT2D eigenvalue weighted by molar-refractivity contribution is 7.99. The highest BCUT2D eigenvalue weighted by Crippen LogP contribution is 2.36. The number of nitrogens with one attached hydrogen (secondary N) is 2. The van der Waals surface area contributed by atoms with E-state index < -0.39 is 5.54 Å². The molecule has 1 spiro atoms. The predicted octanol–water partition coefficient (Wildman–Crippen LogP) is 2.71. The molecule has 0 aromatic heterocycles. The number of piperidine rings is 1. The molecule has 2 aliphatic heterocycles. The lowest BCUT2D eigenvalue weighted by Gasteiger charge is -2.44. The molecule has 9 heteroatoms. The molecule has 0 bridgehead atoms. The van der Waals surface area contributed by atoms with E-state index in [4.69, 9.17) is 10.7 Å². The van der Waals surface area contributed by atoms with E-state index >= 15 is 0 Å². The van der Waals surface area contributed by atoms with Crippen molar-refractivity contribution >= 4 is 35.0 Å². The van der Waals surface area contributed by atoms with Crippen LogP contribution in [0.2, 0.25) is 0 Å². The first-order chi connectivity index (χ1) is 16.1. The molecule has 2 aromatic rings. The summed E-state index contributed by atoms with van der Waals surface area (Å²) in [5.41, 5.74) is 6.73. The van der Waals surface area contributed by atoms with Crippen molar-refractivity contribution in [1.82, 2.24) is 10.2 Å². The molecule has 1 amide bonds. The van der Waals surface area contributed by atoms with Crippen molar-refractivity contribution < 1.29 is 9.18 Å². The molecule has 2 saturated heterocycles. The molecule has 2 aromatic carbocycles. The quantitative estimate of drug-likeness (QED) is 0.328. The van der Waals surface area contributed by atoms with Gasteiger partial charge in [-0.2, -0.15) is 11.8 Å². The number of benzene rings is 2. The molecule has 0 aliphatic carbocycles. The number of thioether (sulfide) groups is 1. The lowest BCUT2D eigenvalue weighted by Crippen LogP contribution is -2.58. The summed E-state index contributed by atoms with van der Waals surface area (Å²) in [6.07, 6.45) is 1.36. The summed E-state index contributed by atoms with van der Waals surface area (Å²) in [6.45, 7) is 3.16. The molecule has 0 unspecified atom stereocenters. The van der Waals surface area contributed by atoms with Gasteiger partial charge >= 0.3 is 0 Å². The lowest BCUT2D eigenvalue weighted by molar-refractivity contribution is -0.124. The number of rotatable bonds is 7. The van der Waals surface area contributed by atoms with Gasteiger partial charge in [0.05, 0.1) is 13.2 Å². The fourth-order valence-electron chi connectivity index (χ4n) is 4.44. The van der Waals surface area contributed by atoms with E-state index in [1.807, 2.05) is 36.4 Å². The number of hydrogen-bond donors (Lipinski definition) is 3. The molecule has 176 valence electrons. The van der Waals surface area contributed by atoms with Crippen molar-refractivity contribution in [1.29, 1.82) is 0 Å². The number of amides is 1. The number of carbonyl (C=O) groups excluding carboxylic acids is 1. The van der Waals surface area contributed by atoms with Crippen molar-refractivity contribution in [3.8, 4) is 0 Å². The number of anilines is 2. The molecule has 2 fully saturated rings. The second-order valence-corrected chi connectivity index (χ2v) is 9.41. The van der Waals surface area contributed by atoms with E-state index in [1.165, 1.54) is 12.1 Å². The molecule has 33 heavy (non-hydrogen) atoms. The summed E-state index contributed by atoms with van der Waals surface area (Å²) in [4.78, 5) is 22.1. The summed E-state index contributed by atoms with van der Waals surface area (Å²) in [5, 5.41) is 6.34. The Morgan fingerprint density at radius 2 is 1.94 bits per heavy atom. The van der Waals surface area contributed by atoms with Gasteiger partial charge in [-0.3, -0.25) is 9.79 Å². The number of hydrogen-bond acceptors (Lipinski definition) is 5. The minimum absolute atomic E-state index is 0.0840. The summed E-state index contributed by atoms with van der Waals surface area (Å²) < 4.78 is 13.7. The van der Waals surface area contributed by atoms with Gasteiger partial charge in [-0.15, -0.1) is 0 Å². The zero-order valence-corrected chi connectivity index (χ0v) is 19.5. The summed E-state index contributed by atoms with van der Waals surface area (Å²) >= 11 is 1.77. The van der Waals surface area contributed by atoms with Crippen molar-refractivity contribution in [3.63, 3.8) is 0 Å².